The third kappa shape index (κ3) is 1.72. The molecule has 0 radical (unpaired) electrons. The Morgan fingerprint density at radius 2 is 2.27 bits per heavy atom. The summed E-state index contributed by atoms with van der Waals surface area (Å²) < 4.78 is 24.1. The van der Waals surface area contributed by atoms with E-state index in [9.17, 15) is 8.42 Å². The van der Waals surface area contributed by atoms with Crippen LogP contribution in [0, 0.1) is 0 Å². The number of anilines is 1. The van der Waals surface area contributed by atoms with Gasteiger partial charge >= 0.3 is 0 Å². The molecule has 1 atom stereocenters. The number of hydrogen-bond acceptors (Lipinski definition) is 3. The maximum Gasteiger partial charge on any atom is 0.184 e. The third-order valence-corrected chi connectivity index (χ3v) is 5.24. The fourth-order valence-corrected chi connectivity index (χ4v) is 3.73. The minimum Gasteiger partial charge on any atom is -0.383 e. The van der Waals surface area contributed by atoms with E-state index < -0.39 is 9.84 Å². The summed E-state index contributed by atoms with van der Waals surface area (Å²) in [5, 5.41) is 3.32. The molecule has 1 aliphatic rings. The van der Waals surface area contributed by atoms with Crippen LogP contribution in [0.2, 0.25) is 5.02 Å². The molecular weight excluding hydrogens is 234 g/mol. The lowest BCUT2D eigenvalue weighted by Gasteiger charge is -2.25. The van der Waals surface area contributed by atoms with Crippen molar-refractivity contribution in [1.82, 2.24) is 0 Å². The van der Waals surface area contributed by atoms with E-state index in [2.05, 4.69) is 5.32 Å². The number of halogens is 1. The highest BCUT2D eigenvalue weighted by Crippen LogP contribution is 2.32. The van der Waals surface area contributed by atoms with Gasteiger partial charge < -0.3 is 5.32 Å². The van der Waals surface area contributed by atoms with Gasteiger partial charge in [-0.05, 0) is 24.6 Å². The van der Waals surface area contributed by atoms with E-state index in [-0.39, 0.29) is 5.25 Å². The Morgan fingerprint density at radius 1 is 1.53 bits per heavy atom. The lowest BCUT2D eigenvalue weighted by molar-refractivity contribution is 0.574. The zero-order valence-electron chi connectivity index (χ0n) is 8.33. The second-order valence-electron chi connectivity index (χ2n) is 3.60. The maximum atomic E-state index is 12.1. The molecule has 3 nitrogen and oxygen atoms in total. The van der Waals surface area contributed by atoms with Crippen molar-refractivity contribution in [2.75, 3.05) is 11.9 Å². The largest absolute Gasteiger partial charge is 0.383 e. The van der Waals surface area contributed by atoms with Crippen molar-refractivity contribution in [1.29, 1.82) is 0 Å². The molecule has 1 aliphatic heterocycles. The van der Waals surface area contributed by atoms with Gasteiger partial charge in [-0.15, -0.1) is 0 Å². The van der Waals surface area contributed by atoms with Gasteiger partial charge in [0.05, 0.1) is 15.8 Å². The summed E-state index contributed by atoms with van der Waals surface area (Å²) in [6.45, 7) is 2.34. The molecule has 0 saturated heterocycles. The van der Waals surface area contributed by atoms with Gasteiger partial charge in [-0.25, -0.2) is 8.42 Å². The average molecular weight is 246 g/mol. The van der Waals surface area contributed by atoms with E-state index in [0.717, 1.165) is 0 Å². The predicted octanol–water partition coefficient (Wildman–Crippen LogP) is 2.32. The third-order valence-electron chi connectivity index (χ3n) is 2.66. The van der Waals surface area contributed by atoms with Crippen LogP contribution in [-0.2, 0) is 9.84 Å². The van der Waals surface area contributed by atoms with Crippen LogP contribution in [0.1, 0.15) is 13.3 Å². The molecule has 0 amide bonds. The Hall–Kier alpha value is -0.740. The minimum absolute atomic E-state index is 0.328. The lowest BCUT2D eigenvalue weighted by Crippen LogP contribution is -2.33. The molecule has 0 saturated carbocycles. The molecule has 0 aliphatic carbocycles. The van der Waals surface area contributed by atoms with Gasteiger partial charge in [0.15, 0.2) is 9.84 Å². The van der Waals surface area contributed by atoms with Crippen LogP contribution in [0.5, 0.6) is 0 Å². The van der Waals surface area contributed by atoms with Crippen LogP contribution in [-0.4, -0.2) is 20.2 Å². The molecule has 0 spiro atoms. The summed E-state index contributed by atoms with van der Waals surface area (Å²) in [7, 11) is -3.17. The monoisotopic (exact) mass is 245 g/mol. The summed E-state index contributed by atoms with van der Waals surface area (Å²) >= 11 is 5.81. The summed E-state index contributed by atoms with van der Waals surface area (Å²) in [6.07, 6.45) is 0.622. The van der Waals surface area contributed by atoms with Crippen molar-refractivity contribution < 1.29 is 8.42 Å². The highest BCUT2D eigenvalue weighted by molar-refractivity contribution is 7.92. The van der Waals surface area contributed by atoms with E-state index >= 15 is 0 Å². The molecule has 1 aromatic rings. The van der Waals surface area contributed by atoms with Gasteiger partial charge in [-0.2, -0.15) is 0 Å². The first kappa shape index (κ1) is 10.8. The van der Waals surface area contributed by atoms with Gasteiger partial charge in [-0.1, -0.05) is 18.5 Å². The van der Waals surface area contributed by atoms with E-state index in [1.807, 2.05) is 6.92 Å². The fraction of sp³-hybridized carbons (Fsp3) is 0.400. The fourth-order valence-electron chi connectivity index (χ4n) is 1.77. The van der Waals surface area contributed by atoms with Gasteiger partial charge in [-0.3, -0.25) is 0 Å². The van der Waals surface area contributed by atoms with Gasteiger partial charge in [0.1, 0.15) is 0 Å². The van der Waals surface area contributed by atoms with E-state index in [0.29, 0.717) is 28.6 Å². The van der Waals surface area contributed by atoms with Crippen molar-refractivity contribution in [2.45, 2.75) is 23.5 Å². The topological polar surface area (TPSA) is 46.2 Å². The lowest BCUT2D eigenvalue weighted by atomic mass is 10.2. The molecule has 82 valence electrons. The molecule has 0 fully saturated rings. The molecular formula is C10H12ClNO2S. The molecule has 1 N–H and O–H groups in total. The molecule has 15 heavy (non-hydrogen) atoms. The Balaban J connectivity index is 2.58. The quantitative estimate of drug-likeness (QED) is 0.826. The van der Waals surface area contributed by atoms with Gasteiger partial charge in [0.2, 0.25) is 0 Å². The Bertz CT molecular complexity index is 484. The molecule has 0 bridgehead atoms. The zero-order valence-corrected chi connectivity index (χ0v) is 9.90. The molecule has 1 heterocycles. The van der Waals surface area contributed by atoms with E-state index in [4.69, 9.17) is 11.6 Å². The molecule has 1 unspecified atom stereocenters. The minimum atomic E-state index is -3.17. The van der Waals surface area contributed by atoms with Gasteiger partial charge in [0, 0.05) is 11.6 Å². The first-order valence-electron chi connectivity index (χ1n) is 4.83. The van der Waals surface area contributed by atoms with Crippen LogP contribution < -0.4 is 5.32 Å². The predicted molar refractivity (Wildman–Crippen MR) is 61.2 cm³/mol. The zero-order chi connectivity index (χ0) is 11.1. The number of fused-ring (bicyclic) bond motifs is 1. The van der Waals surface area contributed by atoms with Crippen LogP contribution in [0.15, 0.2) is 23.1 Å². The van der Waals surface area contributed by atoms with Gasteiger partial charge in [0.25, 0.3) is 0 Å². The highest BCUT2D eigenvalue weighted by atomic mass is 35.5. The molecule has 0 aromatic heterocycles. The first-order chi connectivity index (χ1) is 7.05. The second-order valence-corrected chi connectivity index (χ2v) is 6.23. The first-order valence-corrected chi connectivity index (χ1v) is 6.75. The Morgan fingerprint density at radius 3 is 2.93 bits per heavy atom. The highest BCUT2D eigenvalue weighted by Gasteiger charge is 2.32. The summed E-state index contributed by atoms with van der Waals surface area (Å²) in [4.78, 5) is 0.366. The summed E-state index contributed by atoms with van der Waals surface area (Å²) in [6, 6.07) is 4.83. The number of benzene rings is 1. The van der Waals surface area contributed by atoms with Crippen LogP contribution in [0.4, 0.5) is 5.69 Å². The van der Waals surface area contributed by atoms with Crippen molar-refractivity contribution in [3.8, 4) is 0 Å². The molecule has 2 rings (SSSR count). The summed E-state index contributed by atoms with van der Waals surface area (Å²) in [5.41, 5.74) is 0.618. The second kappa shape index (κ2) is 3.68. The SMILES string of the molecule is CCC1CNc2cc(Cl)ccc2S1(=O)=O. The normalized spacial score (nSPS) is 22.9. The summed E-state index contributed by atoms with van der Waals surface area (Å²) in [5.74, 6) is 0. The van der Waals surface area contributed by atoms with Crippen LogP contribution in [0.3, 0.4) is 0 Å². The van der Waals surface area contributed by atoms with Crippen LogP contribution in [0.25, 0.3) is 0 Å². The average Bonchev–Trinajstić information content (AvgIpc) is 2.17. The molecule has 1 aromatic carbocycles. The van der Waals surface area contributed by atoms with Crippen LogP contribution >= 0.6 is 11.6 Å². The number of rotatable bonds is 1. The smallest absolute Gasteiger partial charge is 0.184 e. The van der Waals surface area contributed by atoms with E-state index in [1.165, 1.54) is 0 Å². The number of nitrogens with one attached hydrogen (secondary N) is 1. The van der Waals surface area contributed by atoms with E-state index in [1.54, 1.807) is 18.2 Å². The van der Waals surface area contributed by atoms with Crippen molar-refractivity contribution in [3.63, 3.8) is 0 Å². The standard InChI is InChI=1S/C10H12ClNO2S/c1-2-8-6-12-9-5-7(11)3-4-10(9)15(8,13)14/h3-5,8,12H,2,6H2,1H3. The van der Waals surface area contributed by atoms with Crippen molar-refractivity contribution in [2.24, 2.45) is 0 Å². The Kier molecular flexibility index (Phi) is 2.64. The van der Waals surface area contributed by atoms with Crippen molar-refractivity contribution in [3.05, 3.63) is 23.2 Å². The number of sulfone groups is 1. The van der Waals surface area contributed by atoms with Crippen molar-refractivity contribution >= 4 is 27.1 Å². The Labute approximate surface area is 94.4 Å². The molecule has 5 heteroatoms. The number of hydrogen-bond donors (Lipinski definition) is 1. The maximum absolute atomic E-state index is 12.1.